The van der Waals surface area contributed by atoms with E-state index in [4.69, 9.17) is 9.73 Å². The zero-order valence-corrected chi connectivity index (χ0v) is 17.2. The van der Waals surface area contributed by atoms with Gasteiger partial charge in [-0.3, -0.25) is 4.99 Å². The average molecular weight is 360 g/mol. The summed E-state index contributed by atoms with van der Waals surface area (Å²) in [5.74, 6) is 2.95. The molecule has 138 valence electrons. The molecule has 3 unspecified atom stereocenters. The van der Waals surface area contributed by atoms with Gasteiger partial charge in [0.25, 0.3) is 0 Å². The van der Waals surface area contributed by atoms with Gasteiger partial charge in [0.1, 0.15) is 11.5 Å². The van der Waals surface area contributed by atoms with Gasteiger partial charge >= 0.3 is 0 Å². The zero-order valence-electron chi connectivity index (χ0n) is 16.2. The minimum atomic E-state index is -1.68. The van der Waals surface area contributed by atoms with Crippen LogP contribution in [-0.2, 0) is 0 Å². The predicted molar refractivity (Wildman–Crippen MR) is 108 cm³/mol. The van der Waals surface area contributed by atoms with Crippen LogP contribution >= 0.6 is 0 Å². The van der Waals surface area contributed by atoms with E-state index < -0.39 is 8.07 Å². The number of phenolic OH excluding ortho intramolecular Hbond substituents is 1. The fraction of sp³-hybridized carbons (Fsp3) is 0.667. The SMILES string of the molecule is CC[Si](CC)(CC)c1cc(OC)cc(C=NC2CC3CCC2C3)c1O. The van der Waals surface area contributed by atoms with Crippen molar-refractivity contribution in [3.05, 3.63) is 17.7 Å². The number of benzene rings is 1. The van der Waals surface area contributed by atoms with Crippen LogP contribution in [0.4, 0.5) is 0 Å². The first-order valence-corrected chi connectivity index (χ1v) is 12.6. The maximum Gasteiger partial charge on any atom is 0.123 e. The standard InChI is InChI=1S/C21H33NO2Si/c1-5-25(6-2,7-3)20-13-18(24-4)12-17(21(20)23)14-22-19-11-15-8-9-16(19)10-15/h12-16,19,23H,5-11H2,1-4H3. The molecule has 0 aromatic heterocycles. The largest absolute Gasteiger partial charge is 0.507 e. The Morgan fingerprint density at radius 1 is 1.16 bits per heavy atom. The number of nitrogens with zero attached hydrogens (tertiary/aromatic N) is 1. The molecule has 0 saturated heterocycles. The molecule has 1 N–H and O–H groups in total. The lowest BCUT2D eigenvalue weighted by atomic mass is 9.96. The summed E-state index contributed by atoms with van der Waals surface area (Å²) in [6.07, 6.45) is 7.24. The van der Waals surface area contributed by atoms with E-state index in [0.29, 0.717) is 11.8 Å². The molecule has 0 heterocycles. The van der Waals surface area contributed by atoms with E-state index in [-0.39, 0.29) is 0 Å². The van der Waals surface area contributed by atoms with Crippen LogP contribution in [0, 0.1) is 11.8 Å². The molecule has 3 atom stereocenters. The summed E-state index contributed by atoms with van der Waals surface area (Å²) >= 11 is 0. The van der Waals surface area contributed by atoms with E-state index in [1.165, 1.54) is 25.7 Å². The van der Waals surface area contributed by atoms with Crippen molar-refractivity contribution in [3.63, 3.8) is 0 Å². The summed E-state index contributed by atoms with van der Waals surface area (Å²) in [4.78, 5) is 4.89. The Balaban J connectivity index is 1.95. The molecule has 2 aliphatic rings. The second-order valence-electron chi connectivity index (χ2n) is 7.97. The molecule has 3 rings (SSSR count). The third-order valence-corrected chi connectivity index (χ3v) is 12.6. The highest BCUT2D eigenvalue weighted by molar-refractivity contribution is 6.92. The molecule has 2 fully saturated rings. The second kappa shape index (κ2) is 7.53. The molecule has 0 amide bonds. The molecule has 1 aromatic carbocycles. The van der Waals surface area contributed by atoms with E-state index in [9.17, 15) is 5.11 Å². The summed E-state index contributed by atoms with van der Waals surface area (Å²) < 4.78 is 5.55. The van der Waals surface area contributed by atoms with Crippen LogP contribution < -0.4 is 9.92 Å². The van der Waals surface area contributed by atoms with Gasteiger partial charge in [-0.05, 0) is 48.4 Å². The highest BCUT2D eigenvalue weighted by Crippen LogP contribution is 2.46. The van der Waals surface area contributed by atoms with Crippen molar-refractivity contribution in [2.75, 3.05) is 7.11 Å². The van der Waals surface area contributed by atoms with Crippen LogP contribution in [0.1, 0.15) is 52.0 Å². The van der Waals surface area contributed by atoms with E-state index in [1.54, 1.807) is 7.11 Å². The Labute approximate surface area is 153 Å². The first-order chi connectivity index (χ1) is 12.1. The highest BCUT2D eigenvalue weighted by atomic mass is 28.3. The normalized spacial score (nSPS) is 25.8. The summed E-state index contributed by atoms with van der Waals surface area (Å²) in [6, 6.07) is 7.90. The van der Waals surface area contributed by atoms with Crippen molar-refractivity contribution in [1.29, 1.82) is 0 Å². The van der Waals surface area contributed by atoms with Gasteiger partial charge in [-0.1, -0.05) is 45.3 Å². The Hall–Kier alpha value is -1.29. The van der Waals surface area contributed by atoms with Crippen LogP contribution in [0.15, 0.2) is 17.1 Å². The van der Waals surface area contributed by atoms with Crippen LogP contribution in [-0.4, -0.2) is 32.5 Å². The number of ether oxygens (including phenoxy) is 1. The van der Waals surface area contributed by atoms with E-state index in [0.717, 1.165) is 46.5 Å². The summed E-state index contributed by atoms with van der Waals surface area (Å²) in [5, 5.41) is 12.2. The molecule has 2 bridgehead atoms. The van der Waals surface area contributed by atoms with Crippen LogP contribution in [0.3, 0.4) is 0 Å². The van der Waals surface area contributed by atoms with Gasteiger partial charge in [0.2, 0.25) is 0 Å². The maximum absolute atomic E-state index is 11.0. The smallest absolute Gasteiger partial charge is 0.123 e. The minimum absolute atomic E-state index is 0.449. The van der Waals surface area contributed by atoms with Crippen molar-refractivity contribution in [1.82, 2.24) is 0 Å². The second-order valence-corrected chi connectivity index (χ2v) is 13.2. The quantitative estimate of drug-likeness (QED) is 0.565. The third-order valence-electron chi connectivity index (χ3n) is 7.06. The number of hydrogen-bond donors (Lipinski definition) is 1. The van der Waals surface area contributed by atoms with Crippen molar-refractivity contribution < 1.29 is 9.84 Å². The lowest BCUT2D eigenvalue weighted by Gasteiger charge is -2.30. The maximum atomic E-state index is 11.0. The molecule has 0 aliphatic heterocycles. The van der Waals surface area contributed by atoms with Gasteiger partial charge in [0, 0.05) is 11.8 Å². The van der Waals surface area contributed by atoms with Crippen LogP contribution in [0.2, 0.25) is 18.1 Å². The molecule has 25 heavy (non-hydrogen) atoms. The fourth-order valence-electron chi connectivity index (χ4n) is 5.14. The van der Waals surface area contributed by atoms with E-state index in [2.05, 4.69) is 26.8 Å². The Morgan fingerprint density at radius 3 is 2.40 bits per heavy atom. The molecule has 4 heteroatoms. The number of methoxy groups -OCH3 is 1. The van der Waals surface area contributed by atoms with Gasteiger partial charge in [-0.25, -0.2) is 0 Å². The first kappa shape index (κ1) is 18.5. The first-order valence-electron chi connectivity index (χ1n) is 10.0. The number of fused-ring (bicyclic) bond motifs is 2. The summed E-state index contributed by atoms with van der Waals surface area (Å²) in [6.45, 7) is 6.80. The Bertz CT molecular complexity index is 631. The topological polar surface area (TPSA) is 41.8 Å². The Morgan fingerprint density at radius 2 is 1.88 bits per heavy atom. The Kier molecular flexibility index (Phi) is 5.57. The predicted octanol–water partition coefficient (Wildman–Crippen LogP) is 4.72. The summed E-state index contributed by atoms with van der Waals surface area (Å²) in [7, 11) is 0.0258. The van der Waals surface area contributed by atoms with Crippen LogP contribution in [0.25, 0.3) is 0 Å². The van der Waals surface area contributed by atoms with Crippen molar-refractivity contribution in [2.24, 2.45) is 16.8 Å². The van der Waals surface area contributed by atoms with Crippen molar-refractivity contribution in [2.45, 2.75) is 70.6 Å². The number of aliphatic imine (C=N–C) groups is 1. The number of aromatic hydroxyl groups is 1. The number of phenols is 1. The monoisotopic (exact) mass is 359 g/mol. The van der Waals surface area contributed by atoms with Gasteiger partial charge < -0.3 is 9.84 Å². The molecular weight excluding hydrogens is 326 g/mol. The van der Waals surface area contributed by atoms with Crippen molar-refractivity contribution >= 4 is 19.5 Å². The fourth-order valence-corrected chi connectivity index (χ4v) is 8.88. The molecule has 1 aromatic rings. The van der Waals surface area contributed by atoms with Gasteiger partial charge in [-0.15, -0.1) is 0 Å². The van der Waals surface area contributed by atoms with Crippen LogP contribution in [0.5, 0.6) is 11.5 Å². The van der Waals surface area contributed by atoms with Gasteiger partial charge in [0.05, 0.1) is 21.2 Å². The number of hydrogen-bond acceptors (Lipinski definition) is 3. The highest BCUT2D eigenvalue weighted by Gasteiger charge is 2.39. The lowest BCUT2D eigenvalue weighted by Crippen LogP contribution is -2.46. The van der Waals surface area contributed by atoms with E-state index in [1.807, 2.05) is 12.3 Å². The molecule has 0 radical (unpaired) electrons. The van der Waals surface area contributed by atoms with Gasteiger partial charge in [0.15, 0.2) is 0 Å². The average Bonchev–Trinajstić information content (AvgIpc) is 3.26. The zero-order chi connectivity index (χ0) is 18.0. The van der Waals surface area contributed by atoms with Crippen molar-refractivity contribution in [3.8, 4) is 11.5 Å². The number of rotatable bonds is 7. The molecule has 0 spiro atoms. The van der Waals surface area contributed by atoms with Gasteiger partial charge in [-0.2, -0.15) is 0 Å². The van der Waals surface area contributed by atoms with E-state index >= 15 is 0 Å². The minimum Gasteiger partial charge on any atom is -0.507 e. The molecule has 2 aliphatic carbocycles. The molecular formula is C21H33NO2Si. The summed E-state index contributed by atoms with van der Waals surface area (Å²) in [5.41, 5.74) is 0.837. The molecule has 3 nitrogen and oxygen atoms in total. The lowest BCUT2D eigenvalue weighted by molar-refractivity contribution is 0.412. The molecule has 2 saturated carbocycles. The third kappa shape index (κ3) is 3.38.